The Kier molecular flexibility index (Phi) is 1.74. The molecule has 2 fully saturated rings. The van der Waals surface area contributed by atoms with E-state index < -0.39 is 20.7 Å². The van der Waals surface area contributed by atoms with Crippen molar-refractivity contribution in [1.82, 2.24) is 0 Å². The summed E-state index contributed by atoms with van der Waals surface area (Å²) in [7, 11) is -2.96. The van der Waals surface area contributed by atoms with Crippen molar-refractivity contribution in [2.45, 2.75) is 43.0 Å². The highest BCUT2D eigenvalue weighted by atomic mass is 32.2. The molecule has 0 bridgehead atoms. The zero-order chi connectivity index (χ0) is 8.82. The van der Waals surface area contributed by atoms with Crippen molar-refractivity contribution in [1.29, 1.82) is 0 Å². The molecular formula is C8H14O3S. The molecule has 1 heterocycles. The fourth-order valence-electron chi connectivity index (χ4n) is 2.26. The first-order valence-electron chi connectivity index (χ1n) is 4.49. The van der Waals surface area contributed by atoms with Crippen LogP contribution in [0.4, 0.5) is 0 Å². The SMILES string of the molecule is O=S1(=O)CCCC1C1(O)CCC1. The summed E-state index contributed by atoms with van der Waals surface area (Å²) in [6.07, 6.45) is 3.73. The standard InChI is InChI=1S/C8H14O3S/c9-8(4-2-5-8)7-3-1-6-12(7,10)11/h7,9H,1-6H2. The average Bonchev–Trinajstić information content (AvgIpc) is 2.25. The Morgan fingerprint density at radius 2 is 1.92 bits per heavy atom. The zero-order valence-corrected chi connectivity index (χ0v) is 7.81. The van der Waals surface area contributed by atoms with Crippen molar-refractivity contribution in [3.63, 3.8) is 0 Å². The molecule has 1 unspecified atom stereocenters. The van der Waals surface area contributed by atoms with Gasteiger partial charge in [-0.05, 0) is 32.1 Å². The summed E-state index contributed by atoms with van der Waals surface area (Å²) >= 11 is 0. The van der Waals surface area contributed by atoms with Gasteiger partial charge in [-0.1, -0.05) is 0 Å². The number of hydrogen-bond donors (Lipinski definition) is 1. The van der Waals surface area contributed by atoms with Crippen LogP contribution in [0.5, 0.6) is 0 Å². The number of rotatable bonds is 1. The normalized spacial score (nSPS) is 37.6. The molecule has 4 heteroatoms. The van der Waals surface area contributed by atoms with E-state index in [0.29, 0.717) is 19.3 Å². The van der Waals surface area contributed by atoms with E-state index in [1.807, 2.05) is 0 Å². The molecule has 1 aliphatic heterocycles. The molecule has 0 aromatic carbocycles. The van der Waals surface area contributed by atoms with Gasteiger partial charge in [-0.25, -0.2) is 8.42 Å². The Hall–Kier alpha value is -0.0900. The average molecular weight is 190 g/mol. The third-order valence-corrected chi connectivity index (χ3v) is 5.55. The summed E-state index contributed by atoms with van der Waals surface area (Å²) in [5, 5.41) is 9.42. The van der Waals surface area contributed by atoms with Crippen LogP contribution in [0.3, 0.4) is 0 Å². The second-order valence-electron chi connectivity index (χ2n) is 3.95. The highest BCUT2D eigenvalue weighted by molar-refractivity contribution is 7.92. The predicted molar refractivity (Wildman–Crippen MR) is 45.6 cm³/mol. The van der Waals surface area contributed by atoms with Crippen molar-refractivity contribution in [2.75, 3.05) is 5.75 Å². The van der Waals surface area contributed by atoms with Gasteiger partial charge in [0.25, 0.3) is 0 Å². The molecule has 0 amide bonds. The number of aliphatic hydroxyl groups is 1. The maximum Gasteiger partial charge on any atom is 0.155 e. The molecule has 0 spiro atoms. The van der Waals surface area contributed by atoms with Gasteiger partial charge in [0.1, 0.15) is 0 Å². The molecule has 1 aliphatic carbocycles. The van der Waals surface area contributed by atoms with Crippen LogP contribution in [0.25, 0.3) is 0 Å². The fraction of sp³-hybridized carbons (Fsp3) is 1.00. The van der Waals surface area contributed by atoms with Crippen LogP contribution in [-0.4, -0.2) is 30.1 Å². The first-order chi connectivity index (χ1) is 5.55. The van der Waals surface area contributed by atoms with Gasteiger partial charge in [-0.15, -0.1) is 0 Å². The Morgan fingerprint density at radius 1 is 1.25 bits per heavy atom. The number of hydrogen-bond acceptors (Lipinski definition) is 3. The molecule has 3 nitrogen and oxygen atoms in total. The minimum Gasteiger partial charge on any atom is -0.389 e. The molecule has 1 saturated carbocycles. The quantitative estimate of drug-likeness (QED) is 0.654. The van der Waals surface area contributed by atoms with Crippen molar-refractivity contribution in [2.24, 2.45) is 0 Å². The highest BCUT2D eigenvalue weighted by Gasteiger charge is 2.50. The minimum absolute atomic E-state index is 0.278. The molecule has 1 N–H and O–H groups in total. The van der Waals surface area contributed by atoms with Crippen LogP contribution in [0.2, 0.25) is 0 Å². The lowest BCUT2D eigenvalue weighted by Crippen LogP contribution is -2.50. The maximum atomic E-state index is 11.4. The first kappa shape index (κ1) is 8.51. The maximum absolute atomic E-state index is 11.4. The van der Waals surface area contributed by atoms with Crippen LogP contribution in [-0.2, 0) is 9.84 Å². The summed E-state index contributed by atoms with van der Waals surface area (Å²) in [5.74, 6) is 0.278. The molecule has 1 atom stereocenters. The molecule has 0 aromatic heterocycles. The van der Waals surface area contributed by atoms with Gasteiger partial charge < -0.3 is 5.11 Å². The van der Waals surface area contributed by atoms with E-state index in [-0.39, 0.29) is 5.75 Å². The molecule has 70 valence electrons. The zero-order valence-electron chi connectivity index (χ0n) is 6.99. The van der Waals surface area contributed by atoms with Gasteiger partial charge in [0, 0.05) is 0 Å². The second kappa shape index (κ2) is 2.45. The molecule has 1 saturated heterocycles. The lowest BCUT2D eigenvalue weighted by molar-refractivity contribution is -0.0362. The van der Waals surface area contributed by atoms with Gasteiger partial charge in [0.05, 0.1) is 16.6 Å². The van der Waals surface area contributed by atoms with Crippen molar-refractivity contribution >= 4 is 9.84 Å². The summed E-state index contributed by atoms with van der Waals surface area (Å²) in [5.41, 5.74) is -0.852. The van der Waals surface area contributed by atoms with Crippen molar-refractivity contribution in [3.8, 4) is 0 Å². The lowest BCUT2D eigenvalue weighted by atomic mass is 9.76. The van der Waals surface area contributed by atoms with E-state index in [0.717, 1.165) is 12.8 Å². The van der Waals surface area contributed by atoms with Crippen LogP contribution >= 0.6 is 0 Å². The Bertz CT molecular complexity index is 277. The van der Waals surface area contributed by atoms with Gasteiger partial charge in [-0.3, -0.25) is 0 Å². The molecule has 2 aliphatic rings. The summed E-state index contributed by atoms with van der Waals surface area (Å²) in [6.45, 7) is 0. The van der Waals surface area contributed by atoms with Crippen LogP contribution in [0.15, 0.2) is 0 Å². The Balaban J connectivity index is 2.23. The lowest BCUT2D eigenvalue weighted by Gasteiger charge is -2.40. The van der Waals surface area contributed by atoms with Gasteiger partial charge >= 0.3 is 0 Å². The largest absolute Gasteiger partial charge is 0.389 e. The molecular weight excluding hydrogens is 176 g/mol. The Morgan fingerprint density at radius 3 is 2.25 bits per heavy atom. The summed E-state index contributed by atoms with van der Waals surface area (Å²) in [4.78, 5) is 0. The van der Waals surface area contributed by atoms with Crippen molar-refractivity contribution < 1.29 is 13.5 Å². The minimum atomic E-state index is -2.96. The predicted octanol–water partition coefficient (Wildman–Crippen LogP) is 0.479. The third-order valence-electron chi connectivity index (χ3n) is 3.15. The van der Waals surface area contributed by atoms with E-state index in [4.69, 9.17) is 0 Å². The summed E-state index contributed by atoms with van der Waals surface area (Å²) < 4.78 is 22.9. The van der Waals surface area contributed by atoms with E-state index in [9.17, 15) is 13.5 Å². The smallest absolute Gasteiger partial charge is 0.155 e. The monoisotopic (exact) mass is 190 g/mol. The number of sulfone groups is 1. The van der Waals surface area contributed by atoms with Gasteiger partial charge in [0.15, 0.2) is 9.84 Å². The van der Waals surface area contributed by atoms with Crippen LogP contribution < -0.4 is 0 Å². The molecule has 2 rings (SSSR count). The van der Waals surface area contributed by atoms with E-state index in [2.05, 4.69) is 0 Å². The van der Waals surface area contributed by atoms with Crippen molar-refractivity contribution in [3.05, 3.63) is 0 Å². The highest BCUT2D eigenvalue weighted by Crippen LogP contribution is 2.42. The third kappa shape index (κ3) is 1.09. The molecule has 0 radical (unpaired) electrons. The van der Waals surface area contributed by atoms with E-state index in [1.165, 1.54) is 0 Å². The van der Waals surface area contributed by atoms with Crippen LogP contribution in [0, 0.1) is 0 Å². The Labute approximate surface area is 72.7 Å². The van der Waals surface area contributed by atoms with Gasteiger partial charge in [-0.2, -0.15) is 0 Å². The summed E-state index contributed by atoms with van der Waals surface area (Å²) in [6, 6.07) is 0. The van der Waals surface area contributed by atoms with Gasteiger partial charge in [0.2, 0.25) is 0 Å². The molecule has 12 heavy (non-hydrogen) atoms. The topological polar surface area (TPSA) is 54.4 Å². The fourth-order valence-corrected chi connectivity index (χ4v) is 4.54. The molecule has 0 aromatic rings. The van der Waals surface area contributed by atoms with E-state index in [1.54, 1.807) is 0 Å². The second-order valence-corrected chi connectivity index (χ2v) is 6.26. The van der Waals surface area contributed by atoms with E-state index >= 15 is 0 Å². The first-order valence-corrected chi connectivity index (χ1v) is 6.20. The van der Waals surface area contributed by atoms with Crippen LogP contribution in [0.1, 0.15) is 32.1 Å².